The molecule has 1 N–H and O–H groups in total. The van der Waals surface area contributed by atoms with Crippen molar-refractivity contribution in [3.63, 3.8) is 0 Å². The van der Waals surface area contributed by atoms with Crippen LogP contribution >= 0.6 is 34.8 Å². The summed E-state index contributed by atoms with van der Waals surface area (Å²) in [6, 6.07) is 3.04. The average molecular weight is 210 g/mol. The summed E-state index contributed by atoms with van der Waals surface area (Å²) in [7, 11) is 0. The lowest BCUT2D eigenvalue weighted by atomic mass is 10.1. The van der Waals surface area contributed by atoms with Crippen molar-refractivity contribution >= 4 is 40.5 Å². The van der Waals surface area contributed by atoms with Gasteiger partial charge >= 0.3 is 0 Å². The molecule has 0 unspecified atom stereocenters. The van der Waals surface area contributed by atoms with E-state index in [4.69, 9.17) is 50.7 Å². The zero-order valence-corrected chi connectivity index (χ0v) is 7.37. The van der Waals surface area contributed by atoms with Crippen molar-refractivity contribution < 1.29 is 0 Å². The molecule has 0 rings (SSSR count). The molecule has 11 heavy (non-hydrogen) atoms. The van der Waals surface area contributed by atoms with E-state index in [0.717, 1.165) is 0 Å². The molecule has 6 heteroatoms. The Balaban J connectivity index is 4.55. The molecule has 0 radical (unpaired) electrons. The maximum absolute atomic E-state index is 8.27. The third-order valence-corrected chi connectivity index (χ3v) is 1.46. The maximum Gasteiger partial charge on any atom is 0.230 e. The van der Waals surface area contributed by atoms with E-state index >= 15 is 0 Å². The summed E-state index contributed by atoms with van der Waals surface area (Å²) in [4.78, 5) is 0. The number of alkyl halides is 3. The molecule has 0 saturated heterocycles. The van der Waals surface area contributed by atoms with Crippen LogP contribution in [-0.2, 0) is 0 Å². The van der Waals surface area contributed by atoms with Crippen LogP contribution in [0.1, 0.15) is 0 Å². The quantitative estimate of drug-likeness (QED) is 0.531. The first-order chi connectivity index (χ1) is 4.93. The second-order valence-corrected chi connectivity index (χ2v) is 3.88. The summed E-state index contributed by atoms with van der Waals surface area (Å²) in [6.45, 7) is 0. The van der Waals surface area contributed by atoms with Gasteiger partial charge in [0.05, 0.1) is 17.9 Å². The van der Waals surface area contributed by atoms with Crippen molar-refractivity contribution in [3.8, 4) is 12.1 Å². The number of hydrogen-bond acceptors (Lipinski definition) is 3. The summed E-state index contributed by atoms with van der Waals surface area (Å²) in [5.74, 6) is -1.29. The Kier molecular flexibility index (Phi) is 3.62. The maximum atomic E-state index is 8.27. The van der Waals surface area contributed by atoms with Crippen LogP contribution in [0.3, 0.4) is 0 Å². The van der Waals surface area contributed by atoms with Crippen LogP contribution in [-0.4, -0.2) is 9.50 Å². The highest BCUT2D eigenvalue weighted by atomic mass is 35.6. The second kappa shape index (κ2) is 3.78. The molecule has 3 nitrogen and oxygen atoms in total. The van der Waals surface area contributed by atoms with Crippen molar-refractivity contribution in [1.82, 2.24) is 0 Å². The fourth-order valence-corrected chi connectivity index (χ4v) is 0.649. The molecule has 0 aromatic heterocycles. The van der Waals surface area contributed by atoms with E-state index < -0.39 is 15.4 Å². The fourth-order valence-electron chi connectivity index (χ4n) is 0.322. The molecule has 0 amide bonds. The van der Waals surface area contributed by atoms with Crippen molar-refractivity contribution in [2.75, 3.05) is 0 Å². The van der Waals surface area contributed by atoms with Gasteiger partial charge in [-0.05, 0) is 0 Å². The SMILES string of the molecule is N#CC(C#N)C(=N)C(Cl)(Cl)Cl. The molecule has 0 fully saturated rings. The van der Waals surface area contributed by atoms with Crippen LogP contribution in [0.5, 0.6) is 0 Å². The van der Waals surface area contributed by atoms with Crippen LogP contribution < -0.4 is 0 Å². The minimum absolute atomic E-state index is 0.521. The molecule has 0 saturated carbocycles. The predicted molar refractivity (Wildman–Crippen MR) is 42.7 cm³/mol. The zero-order valence-electron chi connectivity index (χ0n) is 5.11. The summed E-state index contributed by atoms with van der Waals surface area (Å²) < 4.78 is -1.96. The zero-order chi connectivity index (χ0) is 9.07. The van der Waals surface area contributed by atoms with Gasteiger partial charge in [-0.15, -0.1) is 0 Å². The topological polar surface area (TPSA) is 71.4 Å². The Morgan fingerprint density at radius 1 is 1.27 bits per heavy atom. The number of rotatable bonds is 1. The van der Waals surface area contributed by atoms with Crippen LogP contribution in [0.4, 0.5) is 0 Å². The molecule has 0 aromatic carbocycles. The lowest BCUT2D eigenvalue weighted by Crippen LogP contribution is -2.25. The number of nitrogens with zero attached hydrogens (tertiary/aromatic N) is 2. The van der Waals surface area contributed by atoms with Gasteiger partial charge < -0.3 is 5.41 Å². The van der Waals surface area contributed by atoms with Crippen LogP contribution in [0.25, 0.3) is 0 Å². The van der Waals surface area contributed by atoms with Gasteiger partial charge in [0.25, 0.3) is 0 Å². The van der Waals surface area contributed by atoms with E-state index in [9.17, 15) is 0 Å². The monoisotopic (exact) mass is 209 g/mol. The van der Waals surface area contributed by atoms with E-state index in [-0.39, 0.29) is 0 Å². The third-order valence-electron chi connectivity index (χ3n) is 0.852. The molecular formula is C5H2Cl3N3. The van der Waals surface area contributed by atoms with E-state index in [2.05, 4.69) is 0 Å². The first kappa shape index (κ1) is 10.5. The summed E-state index contributed by atoms with van der Waals surface area (Å²) in [6.07, 6.45) is 0. The summed E-state index contributed by atoms with van der Waals surface area (Å²) >= 11 is 15.7. The van der Waals surface area contributed by atoms with Crippen molar-refractivity contribution in [3.05, 3.63) is 0 Å². The molecular weight excluding hydrogens is 208 g/mol. The molecule has 0 bridgehead atoms. The van der Waals surface area contributed by atoms with Crippen molar-refractivity contribution in [2.24, 2.45) is 5.92 Å². The Morgan fingerprint density at radius 2 is 1.64 bits per heavy atom. The van der Waals surface area contributed by atoms with Gasteiger partial charge in [0.2, 0.25) is 3.79 Å². The van der Waals surface area contributed by atoms with Gasteiger partial charge in [-0.2, -0.15) is 10.5 Å². The highest BCUT2D eigenvalue weighted by molar-refractivity contribution is 6.76. The van der Waals surface area contributed by atoms with E-state index in [1.165, 1.54) is 12.1 Å². The Hall–Kier alpha value is -0.480. The highest BCUT2D eigenvalue weighted by Gasteiger charge is 2.32. The Morgan fingerprint density at radius 3 is 1.73 bits per heavy atom. The van der Waals surface area contributed by atoms with Gasteiger partial charge in [0.1, 0.15) is 0 Å². The first-order valence-electron chi connectivity index (χ1n) is 2.38. The Labute approximate surface area is 78.6 Å². The molecule has 0 heterocycles. The number of nitrogens with one attached hydrogen (secondary N) is 1. The molecule has 0 atom stereocenters. The summed E-state index contributed by atoms with van der Waals surface area (Å²) in [5.41, 5.74) is -0.521. The fraction of sp³-hybridized carbons (Fsp3) is 0.400. The number of nitriles is 2. The molecule has 58 valence electrons. The van der Waals surface area contributed by atoms with Crippen LogP contribution in [0, 0.1) is 34.0 Å². The van der Waals surface area contributed by atoms with E-state index in [1.54, 1.807) is 0 Å². The van der Waals surface area contributed by atoms with Crippen molar-refractivity contribution in [2.45, 2.75) is 3.79 Å². The molecule has 0 aromatic rings. The minimum atomic E-state index is -1.96. The molecule has 0 aliphatic rings. The standard InChI is InChI=1S/C5H2Cl3N3/c6-5(7,8)4(11)3(1-9)2-10/h3,11H. The lowest BCUT2D eigenvalue weighted by molar-refractivity contribution is 1.09. The highest BCUT2D eigenvalue weighted by Crippen LogP contribution is 2.30. The Bertz CT molecular complexity index is 227. The van der Waals surface area contributed by atoms with Gasteiger partial charge in [0, 0.05) is 0 Å². The van der Waals surface area contributed by atoms with Gasteiger partial charge in [-0.3, -0.25) is 0 Å². The average Bonchev–Trinajstić information content (AvgIpc) is 1.88. The predicted octanol–water partition coefficient (Wildman–Crippen LogP) is 2.04. The summed E-state index contributed by atoms with van der Waals surface area (Å²) in [5, 5.41) is 23.6. The largest absolute Gasteiger partial charge is 0.303 e. The van der Waals surface area contributed by atoms with Gasteiger partial charge in [-0.25, -0.2) is 0 Å². The molecule has 0 spiro atoms. The van der Waals surface area contributed by atoms with Crippen molar-refractivity contribution in [1.29, 1.82) is 15.9 Å². The minimum Gasteiger partial charge on any atom is -0.303 e. The second-order valence-electron chi connectivity index (χ2n) is 1.60. The normalized spacial score (nSPS) is 10.4. The number of halogens is 3. The smallest absolute Gasteiger partial charge is 0.230 e. The van der Waals surface area contributed by atoms with Gasteiger partial charge in [0.15, 0.2) is 5.92 Å². The number of hydrogen-bond donors (Lipinski definition) is 1. The molecule has 0 aliphatic heterocycles. The lowest BCUT2D eigenvalue weighted by Gasteiger charge is -2.11. The van der Waals surface area contributed by atoms with E-state index in [1.807, 2.05) is 0 Å². The van der Waals surface area contributed by atoms with Crippen LogP contribution in [0.2, 0.25) is 0 Å². The van der Waals surface area contributed by atoms with Crippen LogP contribution in [0.15, 0.2) is 0 Å². The first-order valence-corrected chi connectivity index (χ1v) is 3.51. The third kappa shape index (κ3) is 2.95. The van der Waals surface area contributed by atoms with E-state index in [0.29, 0.717) is 0 Å². The molecule has 0 aliphatic carbocycles. The van der Waals surface area contributed by atoms with Gasteiger partial charge in [-0.1, -0.05) is 34.8 Å².